The molecule has 0 radical (unpaired) electrons. The van der Waals surface area contributed by atoms with E-state index in [2.05, 4.69) is 41.4 Å². The van der Waals surface area contributed by atoms with Gasteiger partial charge in [-0.25, -0.2) is 0 Å². The second-order valence-electron chi connectivity index (χ2n) is 5.70. The van der Waals surface area contributed by atoms with Crippen LogP contribution in [0.3, 0.4) is 0 Å². The lowest BCUT2D eigenvalue weighted by Crippen LogP contribution is -2.50. The van der Waals surface area contributed by atoms with Gasteiger partial charge in [-0.1, -0.05) is 31.5 Å². The highest BCUT2D eigenvalue weighted by Gasteiger charge is 2.23. The number of fused-ring (bicyclic) bond motifs is 1. The summed E-state index contributed by atoms with van der Waals surface area (Å²) in [7, 11) is 2.03. The maximum Gasteiger partial charge on any atom is 0.0843 e. The lowest BCUT2D eigenvalue weighted by molar-refractivity contribution is 0.143. The van der Waals surface area contributed by atoms with Crippen LogP contribution >= 0.6 is 0 Å². The fraction of sp³-hybridized carbons (Fsp3) is 0.562. The van der Waals surface area contributed by atoms with Crippen LogP contribution in [-0.4, -0.2) is 40.4 Å². The maximum atomic E-state index is 4.73. The second kappa shape index (κ2) is 5.94. The van der Waals surface area contributed by atoms with Crippen molar-refractivity contribution < 1.29 is 0 Å². The van der Waals surface area contributed by atoms with E-state index in [1.165, 1.54) is 29.4 Å². The summed E-state index contributed by atoms with van der Waals surface area (Å²) in [5.74, 6) is 0. The molecule has 1 N–H and O–H groups in total. The smallest absolute Gasteiger partial charge is 0.0843 e. The Morgan fingerprint density at radius 2 is 2.20 bits per heavy atom. The Bertz CT molecular complexity index is 573. The predicted molar refractivity (Wildman–Crippen MR) is 82.7 cm³/mol. The zero-order chi connectivity index (χ0) is 13.9. The van der Waals surface area contributed by atoms with Gasteiger partial charge in [0.2, 0.25) is 0 Å². The minimum absolute atomic E-state index is 0.648. The third-order valence-corrected chi connectivity index (χ3v) is 4.28. The van der Waals surface area contributed by atoms with Crippen LogP contribution in [0.1, 0.15) is 25.5 Å². The van der Waals surface area contributed by atoms with E-state index < -0.39 is 0 Å². The van der Waals surface area contributed by atoms with E-state index in [0.717, 1.165) is 26.2 Å². The molecule has 4 nitrogen and oxygen atoms in total. The van der Waals surface area contributed by atoms with Crippen molar-refractivity contribution in [1.29, 1.82) is 0 Å². The van der Waals surface area contributed by atoms with E-state index >= 15 is 0 Å². The number of hydrogen-bond donors (Lipinski definition) is 1. The Balaban J connectivity index is 1.84. The van der Waals surface area contributed by atoms with Crippen molar-refractivity contribution in [3.63, 3.8) is 0 Å². The number of rotatable bonds is 4. The van der Waals surface area contributed by atoms with Crippen LogP contribution in [0.25, 0.3) is 10.9 Å². The molecule has 1 fully saturated rings. The van der Waals surface area contributed by atoms with Gasteiger partial charge in [0.05, 0.1) is 11.2 Å². The summed E-state index contributed by atoms with van der Waals surface area (Å²) < 4.78 is 2.00. The Morgan fingerprint density at radius 3 is 3.05 bits per heavy atom. The van der Waals surface area contributed by atoms with Crippen LogP contribution in [0.4, 0.5) is 0 Å². The molecule has 1 aliphatic heterocycles. The quantitative estimate of drug-likeness (QED) is 0.926. The van der Waals surface area contributed by atoms with E-state index in [4.69, 9.17) is 5.10 Å². The molecule has 0 spiro atoms. The molecule has 3 rings (SSSR count). The van der Waals surface area contributed by atoms with Crippen molar-refractivity contribution >= 4 is 10.9 Å². The van der Waals surface area contributed by atoms with Crippen molar-refractivity contribution in [3.05, 3.63) is 30.0 Å². The molecule has 0 saturated carbocycles. The van der Waals surface area contributed by atoms with Gasteiger partial charge in [0, 0.05) is 44.7 Å². The molecule has 1 aliphatic rings. The molecule has 4 heteroatoms. The molecule has 0 bridgehead atoms. The molecule has 1 atom stereocenters. The molecule has 20 heavy (non-hydrogen) atoms. The van der Waals surface area contributed by atoms with Gasteiger partial charge in [0.15, 0.2) is 0 Å². The van der Waals surface area contributed by atoms with Crippen LogP contribution in [0, 0.1) is 0 Å². The number of aromatic nitrogens is 2. The molecule has 1 unspecified atom stereocenters. The highest BCUT2D eigenvalue weighted by molar-refractivity contribution is 5.81. The average Bonchev–Trinajstić information content (AvgIpc) is 2.79. The van der Waals surface area contributed by atoms with Gasteiger partial charge in [-0.3, -0.25) is 9.58 Å². The van der Waals surface area contributed by atoms with Crippen LogP contribution < -0.4 is 5.32 Å². The van der Waals surface area contributed by atoms with Gasteiger partial charge in [-0.05, 0) is 12.5 Å². The van der Waals surface area contributed by atoms with Gasteiger partial charge in [-0.2, -0.15) is 5.10 Å². The first-order chi connectivity index (χ1) is 9.79. The standard InChI is InChI=1S/C16H24N4/c1-3-6-13-11-17-9-10-20(13)12-15-14-7-4-5-8-16(14)19(2)18-15/h4-5,7-8,13,17H,3,6,9-12H2,1-2H3. The number of benzene rings is 1. The Labute approximate surface area is 120 Å². The Hall–Kier alpha value is -1.39. The topological polar surface area (TPSA) is 33.1 Å². The summed E-state index contributed by atoms with van der Waals surface area (Å²) in [6, 6.07) is 9.17. The monoisotopic (exact) mass is 272 g/mol. The highest BCUT2D eigenvalue weighted by atomic mass is 15.3. The van der Waals surface area contributed by atoms with Crippen LogP contribution in [0.2, 0.25) is 0 Å². The lowest BCUT2D eigenvalue weighted by atomic mass is 10.1. The molecule has 2 aromatic rings. The molecule has 1 aromatic heterocycles. The third-order valence-electron chi connectivity index (χ3n) is 4.28. The molecule has 1 saturated heterocycles. The second-order valence-corrected chi connectivity index (χ2v) is 5.70. The number of aryl methyl sites for hydroxylation is 1. The van der Waals surface area contributed by atoms with E-state index in [-0.39, 0.29) is 0 Å². The summed E-state index contributed by atoms with van der Waals surface area (Å²) in [5, 5.41) is 9.54. The van der Waals surface area contributed by atoms with E-state index in [9.17, 15) is 0 Å². The van der Waals surface area contributed by atoms with Crippen molar-refractivity contribution in [3.8, 4) is 0 Å². The van der Waals surface area contributed by atoms with Gasteiger partial charge in [0.25, 0.3) is 0 Å². The van der Waals surface area contributed by atoms with Crippen LogP contribution in [-0.2, 0) is 13.6 Å². The Kier molecular flexibility index (Phi) is 4.03. The molecule has 108 valence electrons. The van der Waals surface area contributed by atoms with Crippen LogP contribution in [0.15, 0.2) is 24.3 Å². The summed E-state index contributed by atoms with van der Waals surface area (Å²) in [6.45, 7) is 6.55. The molecule has 0 aliphatic carbocycles. The lowest BCUT2D eigenvalue weighted by Gasteiger charge is -2.35. The SMILES string of the molecule is CCCC1CNCCN1Cc1nn(C)c2ccccc12. The van der Waals surface area contributed by atoms with Crippen molar-refractivity contribution in [2.24, 2.45) is 7.05 Å². The number of piperazine rings is 1. The minimum Gasteiger partial charge on any atom is -0.314 e. The third kappa shape index (κ3) is 2.58. The molecular formula is C16H24N4. The summed E-state index contributed by atoms with van der Waals surface area (Å²) >= 11 is 0. The fourth-order valence-electron chi connectivity index (χ4n) is 3.23. The first-order valence-electron chi connectivity index (χ1n) is 7.65. The van der Waals surface area contributed by atoms with Gasteiger partial charge in [0.1, 0.15) is 0 Å². The minimum atomic E-state index is 0.648. The van der Waals surface area contributed by atoms with Gasteiger partial charge >= 0.3 is 0 Å². The van der Waals surface area contributed by atoms with Gasteiger partial charge in [-0.15, -0.1) is 0 Å². The van der Waals surface area contributed by atoms with E-state index in [0.29, 0.717) is 6.04 Å². The predicted octanol–water partition coefficient (Wildman–Crippen LogP) is 2.15. The summed E-state index contributed by atoms with van der Waals surface area (Å²) in [6.07, 6.45) is 2.50. The number of hydrogen-bond acceptors (Lipinski definition) is 3. The number of nitrogens with zero attached hydrogens (tertiary/aromatic N) is 3. The van der Waals surface area contributed by atoms with Crippen molar-refractivity contribution in [2.75, 3.05) is 19.6 Å². The van der Waals surface area contributed by atoms with Crippen molar-refractivity contribution in [2.45, 2.75) is 32.4 Å². The zero-order valence-electron chi connectivity index (χ0n) is 12.5. The van der Waals surface area contributed by atoms with Crippen LogP contribution in [0.5, 0.6) is 0 Å². The maximum absolute atomic E-state index is 4.73. The largest absolute Gasteiger partial charge is 0.314 e. The molecule has 0 amide bonds. The zero-order valence-corrected chi connectivity index (χ0v) is 12.5. The Morgan fingerprint density at radius 1 is 1.35 bits per heavy atom. The van der Waals surface area contributed by atoms with Crippen molar-refractivity contribution in [1.82, 2.24) is 20.0 Å². The summed E-state index contributed by atoms with van der Waals surface area (Å²) in [5.41, 5.74) is 2.44. The molecule has 2 heterocycles. The molecular weight excluding hydrogens is 248 g/mol. The normalized spacial score (nSPS) is 20.6. The van der Waals surface area contributed by atoms with E-state index in [1.54, 1.807) is 0 Å². The van der Waals surface area contributed by atoms with Gasteiger partial charge < -0.3 is 5.32 Å². The number of nitrogens with one attached hydrogen (secondary N) is 1. The number of para-hydroxylation sites is 1. The highest BCUT2D eigenvalue weighted by Crippen LogP contribution is 2.21. The first-order valence-corrected chi connectivity index (χ1v) is 7.65. The van der Waals surface area contributed by atoms with E-state index in [1.807, 2.05) is 11.7 Å². The average molecular weight is 272 g/mol. The fourth-order valence-corrected chi connectivity index (χ4v) is 3.23. The first kappa shape index (κ1) is 13.6. The summed E-state index contributed by atoms with van der Waals surface area (Å²) in [4.78, 5) is 2.59. The molecule has 1 aromatic carbocycles.